The molecule has 0 aliphatic carbocycles. The zero-order chi connectivity index (χ0) is 12.0. The van der Waals surface area contributed by atoms with E-state index in [1.54, 1.807) is 6.08 Å². The van der Waals surface area contributed by atoms with Gasteiger partial charge >= 0.3 is 6.09 Å². The molecule has 1 heterocycles. The van der Waals surface area contributed by atoms with E-state index in [9.17, 15) is 4.79 Å². The molecule has 90 valence electrons. The second-order valence-corrected chi connectivity index (χ2v) is 4.24. The molecule has 16 heavy (non-hydrogen) atoms. The number of ether oxygens (including phenoxy) is 2. The molecule has 0 aromatic rings. The van der Waals surface area contributed by atoms with Crippen molar-refractivity contribution in [3.8, 4) is 0 Å². The number of amides is 1. The van der Waals surface area contributed by atoms with Gasteiger partial charge in [-0.05, 0) is 12.5 Å². The number of carbonyl (C=O) groups excluding carboxylic acids is 1. The summed E-state index contributed by atoms with van der Waals surface area (Å²) in [7, 11) is 0. The van der Waals surface area contributed by atoms with E-state index >= 15 is 0 Å². The first kappa shape index (κ1) is 13.3. The lowest BCUT2D eigenvalue weighted by molar-refractivity contribution is -0.0582. The largest absolute Gasteiger partial charge is 0.445 e. The highest BCUT2D eigenvalue weighted by Crippen LogP contribution is 2.19. The summed E-state index contributed by atoms with van der Waals surface area (Å²) >= 11 is 3.34. The normalized spacial score (nSPS) is 18.5. The highest BCUT2D eigenvalue weighted by Gasteiger charge is 2.39. The Morgan fingerprint density at radius 2 is 2.38 bits per heavy atom. The molecule has 5 heteroatoms. The smallest absolute Gasteiger partial charge is 0.408 e. The molecule has 4 nitrogen and oxygen atoms in total. The zero-order valence-corrected chi connectivity index (χ0v) is 10.9. The fourth-order valence-corrected chi connectivity index (χ4v) is 1.66. The minimum atomic E-state index is -0.427. The van der Waals surface area contributed by atoms with Crippen LogP contribution in [0, 0.1) is 0 Å². The summed E-state index contributed by atoms with van der Waals surface area (Å²) in [5.74, 6) is 0. The maximum Gasteiger partial charge on any atom is 0.408 e. The SMILES string of the molecule is C=C/C(=C\C)COC(=O)NC1(CBr)COC1. The van der Waals surface area contributed by atoms with E-state index in [2.05, 4.69) is 27.8 Å². The van der Waals surface area contributed by atoms with Crippen LogP contribution >= 0.6 is 15.9 Å². The highest BCUT2D eigenvalue weighted by molar-refractivity contribution is 9.09. The van der Waals surface area contributed by atoms with Crippen molar-refractivity contribution in [1.82, 2.24) is 5.32 Å². The third-order valence-corrected chi connectivity index (χ3v) is 3.46. The van der Waals surface area contributed by atoms with Gasteiger partial charge in [0.15, 0.2) is 0 Å². The number of halogens is 1. The topological polar surface area (TPSA) is 47.6 Å². The molecule has 1 saturated heterocycles. The van der Waals surface area contributed by atoms with Crippen LogP contribution < -0.4 is 5.32 Å². The van der Waals surface area contributed by atoms with E-state index < -0.39 is 6.09 Å². The number of hydrogen-bond acceptors (Lipinski definition) is 3. The molecule has 0 radical (unpaired) electrons. The van der Waals surface area contributed by atoms with Gasteiger partial charge in [0.1, 0.15) is 6.61 Å². The molecule has 1 aliphatic heterocycles. The standard InChI is InChI=1S/C11H16BrNO3/c1-3-9(4-2)5-16-10(14)13-11(6-12)7-15-8-11/h3-4H,1,5-8H2,2H3,(H,13,14)/b9-4+. The van der Waals surface area contributed by atoms with Gasteiger partial charge in [-0.1, -0.05) is 34.7 Å². The molecule has 0 atom stereocenters. The average Bonchev–Trinajstić information content (AvgIpc) is 2.25. The first-order chi connectivity index (χ1) is 7.65. The third kappa shape index (κ3) is 3.35. The number of allylic oxidation sites excluding steroid dienone is 1. The molecular formula is C11H16BrNO3. The van der Waals surface area contributed by atoms with Crippen molar-refractivity contribution in [3.63, 3.8) is 0 Å². The number of carbonyl (C=O) groups is 1. The van der Waals surface area contributed by atoms with Gasteiger partial charge in [-0.3, -0.25) is 0 Å². The van der Waals surface area contributed by atoms with Crippen LogP contribution in [-0.2, 0) is 9.47 Å². The summed E-state index contributed by atoms with van der Waals surface area (Å²) in [6.07, 6.45) is 3.09. The Morgan fingerprint density at radius 1 is 1.69 bits per heavy atom. The first-order valence-electron chi connectivity index (χ1n) is 5.02. The van der Waals surface area contributed by atoms with Crippen molar-refractivity contribution in [2.24, 2.45) is 0 Å². The number of rotatable bonds is 5. The summed E-state index contributed by atoms with van der Waals surface area (Å²) in [5, 5.41) is 3.45. The summed E-state index contributed by atoms with van der Waals surface area (Å²) in [4.78, 5) is 11.5. The highest BCUT2D eigenvalue weighted by atomic mass is 79.9. The zero-order valence-electron chi connectivity index (χ0n) is 9.29. The fourth-order valence-electron chi connectivity index (χ4n) is 1.19. The van der Waals surface area contributed by atoms with Crippen molar-refractivity contribution in [3.05, 3.63) is 24.3 Å². The Kier molecular flexibility index (Phi) is 5.02. The predicted octanol–water partition coefficient (Wildman–Crippen LogP) is 2.01. The quantitative estimate of drug-likeness (QED) is 0.622. The molecule has 1 rings (SSSR count). The Labute approximate surface area is 104 Å². The summed E-state index contributed by atoms with van der Waals surface area (Å²) in [5.41, 5.74) is 0.578. The lowest BCUT2D eigenvalue weighted by atomic mass is 10.0. The van der Waals surface area contributed by atoms with E-state index in [1.165, 1.54) is 0 Å². The lowest BCUT2D eigenvalue weighted by Crippen LogP contribution is -2.63. The maximum absolute atomic E-state index is 11.5. The van der Waals surface area contributed by atoms with E-state index in [0.717, 1.165) is 5.57 Å². The Bertz CT molecular complexity index is 292. The maximum atomic E-state index is 11.5. The molecule has 1 aliphatic rings. The van der Waals surface area contributed by atoms with Crippen LogP contribution in [0.2, 0.25) is 0 Å². The van der Waals surface area contributed by atoms with Crippen LogP contribution in [0.15, 0.2) is 24.3 Å². The van der Waals surface area contributed by atoms with Crippen LogP contribution in [0.5, 0.6) is 0 Å². The second kappa shape index (κ2) is 6.06. The molecule has 0 aromatic carbocycles. The van der Waals surface area contributed by atoms with Crippen molar-refractivity contribution >= 4 is 22.0 Å². The molecule has 0 saturated carbocycles. The summed E-state index contributed by atoms with van der Waals surface area (Å²) < 4.78 is 10.1. The van der Waals surface area contributed by atoms with Gasteiger partial charge in [0.05, 0.1) is 18.8 Å². The minimum Gasteiger partial charge on any atom is -0.445 e. The minimum absolute atomic E-state index is 0.241. The molecule has 0 bridgehead atoms. The van der Waals surface area contributed by atoms with Gasteiger partial charge in [-0.2, -0.15) is 0 Å². The van der Waals surface area contributed by atoms with E-state index in [4.69, 9.17) is 9.47 Å². The number of alkyl carbamates (subject to hydrolysis) is 1. The van der Waals surface area contributed by atoms with E-state index in [-0.39, 0.29) is 12.1 Å². The van der Waals surface area contributed by atoms with Gasteiger partial charge < -0.3 is 14.8 Å². The Balaban J connectivity index is 2.33. The van der Waals surface area contributed by atoms with Gasteiger partial charge in [0.2, 0.25) is 0 Å². The lowest BCUT2D eigenvalue weighted by Gasteiger charge is -2.40. The monoisotopic (exact) mass is 289 g/mol. The van der Waals surface area contributed by atoms with Crippen LogP contribution in [0.1, 0.15) is 6.92 Å². The molecule has 0 unspecified atom stereocenters. The molecule has 1 fully saturated rings. The second-order valence-electron chi connectivity index (χ2n) is 3.68. The number of nitrogens with one attached hydrogen (secondary N) is 1. The van der Waals surface area contributed by atoms with Crippen molar-refractivity contribution in [2.45, 2.75) is 12.5 Å². The number of hydrogen-bond donors (Lipinski definition) is 1. The molecule has 0 spiro atoms. The first-order valence-corrected chi connectivity index (χ1v) is 6.14. The summed E-state index contributed by atoms with van der Waals surface area (Å²) in [6, 6.07) is 0. The van der Waals surface area contributed by atoms with Gasteiger partial charge in [0.25, 0.3) is 0 Å². The van der Waals surface area contributed by atoms with Crippen LogP contribution in [0.25, 0.3) is 0 Å². The van der Waals surface area contributed by atoms with E-state index in [0.29, 0.717) is 18.5 Å². The Morgan fingerprint density at radius 3 is 2.75 bits per heavy atom. The van der Waals surface area contributed by atoms with Gasteiger partial charge in [0, 0.05) is 5.33 Å². The fraction of sp³-hybridized carbons (Fsp3) is 0.545. The van der Waals surface area contributed by atoms with Crippen LogP contribution in [0.3, 0.4) is 0 Å². The van der Waals surface area contributed by atoms with Crippen molar-refractivity contribution in [2.75, 3.05) is 25.2 Å². The molecular weight excluding hydrogens is 274 g/mol. The third-order valence-electron chi connectivity index (χ3n) is 2.38. The van der Waals surface area contributed by atoms with Crippen LogP contribution in [-0.4, -0.2) is 36.8 Å². The average molecular weight is 290 g/mol. The molecule has 1 N–H and O–H groups in total. The summed E-state index contributed by atoms with van der Waals surface area (Å²) in [6.45, 7) is 6.77. The van der Waals surface area contributed by atoms with E-state index in [1.807, 2.05) is 13.0 Å². The Hall–Kier alpha value is -0.810. The molecule has 0 aromatic heterocycles. The van der Waals surface area contributed by atoms with Crippen molar-refractivity contribution < 1.29 is 14.3 Å². The van der Waals surface area contributed by atoms with Crippen molar-refractivity contribution in [1.29, 1.82) is 0 Å². The van der Waals surface area contributed by atoms with Gasteiger partial charge in [-0.25, -0.2) is 4.79 Å². The van der Waals surface area contributed by atoms with Gasteiger partial charge in [-0.15, -0.1) is 0 Å². The number of alkyl halides is 1. The van der Waals surface area contributed by atoms with Crippen LogP contribution in [0.4, 0.5) is 4.79 Å². The molecule has 1 amide bonds. The predicted molar refractivity (Wildman–Crippen MR) is 65.8 cm³/mol.